The lowest BCUT2D eigenvalue weighted by Crippen LogP contribution is -2.39. The third-order valence-corrected chi connectivity index (χ3v) is 2.95. The van der Waals surface area contributed by atoms with Crippen LogP contribution in [0, 0.1) is 6.92 Å². The van der Waals surface area contributed by atoms with Crippen LogP contribution in [0.15, 0.2) is 24.3 Å². The van der Waals surface area contributed by atoms with Crippen molar-refractivity contribution in [3.8, 4) is 5.75 Å². The molecule has 1 aliphatic carbocycles. The summed E-state index contributed by atoms with van der Waals surface area (Å²) in [6.45, 7) is 3.95. The van der Waals surface area contributed by atoms with E-state index in [1.54, 1.807) is 0 Å². The van der Waals surface area contributed by atoms with Gasteiger partial charge in [0, 0.05) is 6.04 Å². The summed E-state index contributed by atoms with van der Waals surface area (Å²) in [5, 5.41) is 2.98. The number of aryl methyl sites for hydroxylation is 1. The van der Waals surface area contributed by atoms with E-state index in [-0.39, 0.29) is 12.0 Å². The van der Waals surface area contributed by atoms with Crippen LogP contribution in [-0.2, 0) is 4.79 Å². The average molecular weight is 233 g/mol. The molecule has 0 unspecified atom stereocenters. The van der Waals surface area contributed by atoms with Crippen LogP contribution in [0.1, 0.15) is 31.7 Å². The molecule has 3 nitrogen and oxygen atoms in total. The Labute approximate surface area is 102 Å². The average Bonchev–Trinajstić information content (AvgIpc) is 3.11. The third-order valence-electron chi connectivity index (χ3n) is 2.95. The number of amides is 1. The second-order valence-electron chi connectivity index (χ2n) is 4.56. The zero-order valence-corrected chi connectivity index (χ0v) is 10.4. The van der Waals surface area contributed by atoms with E-state index in [2.05, 4.69) is 5.32 Å². The Bertz CT molecular complexity index is 399. The highest BCUT2D eigenvalue weighted by atomic mass is 16.5. The molecule has 1 saturated carbocycles. The van der Waals surface area contributed by atoms with Gasteiger partial charge < -0.3 is 10.1 Å². The molecule has 1 N–H and O–H groups in total. The van der Waals surface area contributed by atoms with Crippen molar-refractivity contribution in [2.24, 2.45) is 0 Å². The molecule has 17 heavy (non-hydrogen) atoms. The van der Waals surface area contributed by atoms with Gasteiger partial charge in [0.15, 0.2) is 6.10 Å². The minimum Gasteiger partial charge on any atom is -0.480 e. The molecule has 1 atom stereocenters. The van der Waals surface area contributed by atoms with Crippen molar-refractivity contribution in [3.05, 3.63) is 29.8 Å². The Morgan fingerprint density at radius 3 is 2.76 bits per heavy atom. The summed E-state index contributed by atoms with van der Waals surface area (Å²) < 4.78 is 5.77. The summed E-state index contributed by atoms with van der Waals surface area (Å²) in [4.78, 5) is 11.9. The number of carbonyl (C=O) groups is 1. The maximum atomic E-state index is 11.9. The summed E-state index contributed by atoms with van der Waals surface area (Å²) in [5.74, 6) is 0.809. The van der Waals surface area contributed by atoms with E-state index in [1.165, 1.54) is 0 Å². The minimum atomic E-state index is -0.378. The normalized spacial score (nSPS) is 16.4. The van der Waals surface area contributed by atoms with Crippen molar-refractivity contribution in [1.82, 2.24) is 5.32 Å². The molecule has 3 heteroatoms. The molecular formula is C14H19NO2. The lowest BCUT2D eigenvalue weighted by Gasteiger charge is -2.18. The van der Waals surface area contributed by atoms with Gasteiger partial charge in [-0.25, -0.2) is 0 Å². The molecule has 1 amide bonds. The van der Waals surface area contributed by atoms with Crippen LogP contribution in [-0.4, -0.2) is 18.1 Å². The van der Waals surface area contributed by atoms with Gasteiger partial charge in [0.1, 0.15) is 5.75 Å². The molecule has 2 rings (SSSR count). The number of hydrogen-bond donors (Lipinski definition) is 1. The Morgan fingerprint density at radius 1 is 1.47 bits per heavy atom. The van der Waals surface area contributed by atoms with Crippen molar-refractivity contribution in [3.63, 3.8) is 0 Å². The highest BCUT2D eigenvalue weighted by molar-refractivity contribution is 5.81. The highest BCUT2D eigenvalue weighted by Gasteiger charge is 2.27. The minimum absolute atomic E-state index is 0.0123. The molecule has 0 aromatic heterocycles. The van der Waals surface area contributed by atoms with Crippen molar-refractivity contribution < 1.29 is 9.53 Å². The summed E-state index contributed by atoms with van der Waals surface area (Å²) in [7, 11) is 0. The lowest BCUT2D eigenvalue weighted by molar-refractivity contribution is -0.128. The van der Waals surface area contributed by atoms with Gasteiger partial charge in [-0.05, 0) is 37.8 Å². The van der Waals surface area contributed by atoms with Crippen molar-refractivity contribution in [2.45, 2.75) is 45.3 Å². The monoisotopic (exact) mass is 233 g/mol. The van der Waals surface area contributed by atoms with E-state index in [9.17, 15) is 4.79 Å². The van der Waals surface area contributed by atoms with Crippen LogP contribution in [0.4, 0.5) is 0 Å². The fraction of sp³-hybridized carbons (Fsp3) is 0.500. The second kappa shape index (κ2) is 5.21. The number of nitrogens with one attached hydrogen (secondary N) is 1. The van der Waals surface area contributed by atoms with Crippen LogP contribution < -0.4 is 10.1 Å². The van der Waals surface area contributed by atoms with Gasteiger partial charge in [-0.3, -0.25) is 4.79 Å². The molecule has 1 aromatic carbocycles. The molecule has 0 bridgehead atoms. The highest BCUT2D eigenvalue weighted by Crippen LogP contribution is 2.21. The SMILES string of the molecule is CC[C@H](Oc1ccccc1C)C(=O)NC1CC1. The quantitative estimate of drug-likeness (QED) is 0.848. The first-order valence-electron chi connectivity index (χ1n) is 6.23. The lowest BCUT2D eigenvalue weighted by atomic mass is 10.2. The van der Waals surface area contributed by atoms with E-state index in [1.807, 2.05) is 38.1 Å². The van der Waals surface area contributed by atoms with E-state index in [4.69, 9.17) is 4.74 Å². The van der Waals surface area contributed by atoms with E-state index in [0.717, 1.165) is 24.2 Å². The van der Waals surface area contributed by atoms with Crippen LogP contribution in [0.3, 0.4) is 0 Å². The number of hydrogen-bond acceptors (Lipinski definition) is 2. The van der Waals surface area contributed by atoms with Gasteiger partial charge in [0.25, 0.3) is 5.91 Å². The number of rotatable bonds is 5. The van der Waals surface area contributed by atoms with E-state index >= 15 is 0 Å². The molecule has 1 aromatic rings. The first-order chi connectivity index (χ1) is 8.20. The molecule has 1 aliphatic rings. The Morgan fingerprint density at radius 2 is 2.18 bits per heavy atom. The van der Waals surface area contributed by atoms with Crippen molar-refractivity contribution in [2.75, 3.05) is 0 Å². The predicted molar refractivity (Wildman–Crippen MR) is 67.1 cm³/mol. The van der Waals surface area contributed by atoms with Crippen molar-refractivity contribution in [1.29, 1.82) is 0 Å². The fourth-order valence-electron chi connectivity index (χ4n) is 1.69. The standard InChI is InChI=1S/C14H19NO2/c1-3-12(14(16)15-11-8-9-11)17-13-7-5-4-6-10(13)2/h4-7,11-12H,3,8-9H2,1-2H3,(H,15,16)/t12-/m0/s1. The molecule has 1 fully saturated rings. The zero-order chi connectivity index (χ0) is 12.3. The zero-order valence-electron chi connectivity index (χ0n) is 10.4. The molecule has 0 radical (unpaired) electrons. The number of para-hydroxylation sites is 1. The Kier molecular flexibility index (Phi) is 3.67. The van der Waals surface area contributed by atoms with Crippen LogP contribution in [0.2, 0.25) is 0 Å². The molecule has 0 saturated heterocycles. The van der Waals surface area contributed by atoms with Gasteiger partial charge >= 0.3 is 0 Å². The maximum absolute atomic E-state index is 11.9. The van der Waals surface area contributed by atoms with Gasteiger partial charge in [0.05, 0.1) is 0 Å². The van der Waals surface area contributed by atoms with Crippen LogP contribution in [0.25, 0.3) is 0 Å². The molecule has 0 aliphatic heterocycles. The van der Waals surface area contributed by atoms with Crippen molar-refractivity contribution >= 4 is 5.91 Å². The molecule has 92 valence electrons. The predicted octanol–water partition coefficient (Wildman–Crippen LogP) is 2.43. The van der Waals surface area contributed by atoms with Gasteiger partial charge in [-0.1, -0.05) is 25.1 Å². The van der Waals surface area contributed by atoms with Gasteiger partial charge in [-0.15, -0.1) is 0 Å². The van der Waals surface area contributed by atoms with E-state index in [0.29, 0.717) is 12.5 Å². The summed E-state index contributed by atoms with van der Waals surface area (Å²) in [6, 6.07) is 8.17. The smallest absolute Gasteiger partial charge is 0.261 e. The number of carbonyl (C=O) groups excluding carboxylic acids is 1. The second-order valence-corrected chi connectivity index (χ2v) is 4.56. The number of ether oxygens (including phenoxy) is 1. The largest absolute Gasteiger partial charge is 0.480 e. The van der Waals surface area contributed by atoms with Gasteiger partial charge in [0.2, 0.25) is 0 Å². The van der Waals surface area contributed by atoms with Gasteiger partial charge in [-0.2, -0.15) is 0 Å². The molecular weight excluding hydrogens is 214 g/mol. The summed E-state index contributed by atoms with van der Waals surface area (Å²) in [5.41, 5.74) is 1.06. The summed E-state index contributed by atoms with van der Waals surface area (Å²) in [6.07, 6.45) is 2.52. The fourth-order valence-corrected chi connectivity index (χ4v) is 1.69. The Balaban J connectivity index is 1.98. The number of benzene rings is 1. The molecule has 0 heterocycles. The van der Waals surface area contributed by atoms with Crippen LogP contribution in [0.5, 0.6) is 5.75 Å². The third kappa shape index (κ3) is 3.22. The van der Waals surface area contributed by atoms with E-state index < -0.39 is 0 Å². The first-order valence-corrected chi connectivity index (χ1v) is 6.23. The summed E-state index contributed by atoms with van der Waals surface area (Å²) >= 11 is 0. The maximum Gasteiger partial charge on any atom is 0.261 e. The van der Waals surface area contributed by atoms with Crippen LogP contribution >= 0.6 is 0 Å². The molecule has 0 spiro atoms. The topological polar surface area (TPSA) is 38.3 Å². The Hall–Kier alpha value is -1.51. The first kappa shape index (κ1) is 12.0.